The molecule has 0 saturated heterocycles. The van der Waals surface area contributed by atoms with Gasteiger partial charge in [-0.15, -0.1) is 0 Å². The molecule has 0 saturated carbocycles. The van der Waals surface area contributed by atoms with Gasteiger partial charge >= 0.3 is 0 Å². The van der Waals surface area contributed by atoms with Crippen LogP contribution in [0.25, 0.3) is 6.08 Å². The molecule has 0 bridgehead atoms. The van der Waals surface area contributed by atoms with Crippen LogP contribution in [0.1, 0.15) is 25.3 Å². The van der Waals surface area contributed by atoms with E-state index in [1.54, 1.807) is 0 Å². The van der Waals surface area contributed by atoms with Gasteiger partial charge in [-0.1, -0.05) is 42.8 Å². The van der Waals surface area contributed by atoms with E-state index >= 15 is 0 Å². The maximum absolute atomic E-state index is 8.85. The lowest BCUT2D eigenvalue weighted by Crippen LogP contribution is -1.98. The Morgan fingerprint density at radius 1 is 1.47 bits per heavy atom. The number of aliphatic hydroxyl groups is 1. The Bertz CT molecular complexity index is 320. The quantitative estimate of drug-likeness (QED) is 0.808. The molecule has 0 aliphatic rings. The molecule has 15 heavy (non-hydrogen) atoms. The number of benzene rings is 1. The van der Waals surface area contributed by atoms with Crippen LogP contribution in [0.2, 0.25) is 5.02 Å². The van der Waals surface area contributed by atoms with Crippen molar-refractivity contribution in [2.75, 3.05) is 6.61 Å². The largest absolute Gasteiger partial charge is 0.396 e. The van der Waals surface area contributed by atoms with Crippen LogP contribution in [0.5, 0.6) is 0 Å². The number of hydrogen-bond acceptors (Lipinski definition) is 1. The molecule has 0 aliphatic heterocycles. The molecule has 0 amide bonds. The molecule has 1 unspecified atom stereocenters. The highest BCUT2D eigenvalue weighted by Crippen LogP contribution is 2.13. The summed E-state index contributed by atoms with van der Waals surface area (Å²) >= 11 is 5.86. The van der Waals surface area contributed by atoms with Crippen molar-refractivity contribution in [1.82, 2.24) is 0 Å². The van der Waals surface area contributed by atoms with E-state index in [1.807, 2.05) is 31.2 Å². The summed E-state index contributed by atoms with van der Waals surface area (Å²) in [6.07, 6.45) is 6.20. The van der Waals surface area contributed by atoms with Crippen LogP contribution < -0.4 is 0 Å². The van der Waals surface area contributed by atoms with Crippen LogP contribution in [0.4, 0.5) is 0 Å². The molecule has 1 nitrogen and oxygen atoms in total. The van der Waals surface area contributed by atoms with Crippen LogP contribution in [0.15, 0.2) is 30.3 Å². The summed E-state index contributed by atoms with van der Waals surface area (Å²) in [5.74, 6) is 0.383. The van der Waals surface area contributed by atoms with Crippen LogP contribution in [-0.2, 0) is 0 Å². The zero-order valence-corrected chi connectivity index (χ0v) is 9.74. The van der Waals surface area contributed by atoms with Crippen molar-refractivity contribution < 1.29 is 5.11 Å². The lowest BCUT2D eigenvalue weighted by atomic mass is 10.1. The van der Waals surface area contributed by atoms with E-state index in [4.69, 9.17) is 16.7 Å². The first-order valence-electron chi connectivity index (χ1n) is 5.25. The summed E-state index contributed by atoms with van der Waals surface area (Å²) in [6, 6.07) is 7.77. The lowest BCUT2D eigenvalue weighted by molar-refractivity contribution is 0.231. The predicted octanol–water partition coefficient (Wildman–Crippen LogP) is 3.76. The molecule has 1 aromatic rings. The summed E-state index contributed by atoms with van der Waals surface area (Å²) in [7, 11) is 0. The second-order valence-electron chi connectivity index (χ2n) is 3.82. The van der Waals surface area contributed by atoms with E-state index in [-0.39, 0.29) is 6.61 Å². The minimum atomic E-state index is 0.269. The molecule has 0 heterocycles. The van der Waals surface area contributed by atoms with Gasteiger partial charge in [0.1, 0.15) is 0 Å². The first kappa shape index (κ1) is 12.3. The molecule has 0 spiro atoms. The summed E-state index contributed by atoms with van der Waals surface area (Å²) in [4.78, 5) is 0. The first-order valence-corrected chi connectivity index (χ1v) is 5.63. The van der Waals surface area contributed by atoms with Crippen molar-refractivity contribution in [1.29, 1.82) is 0 Å². The van der Waals surface area contributed by atoms with Crippen LogP contribution >= 0.6 is 11.6 Å². The molecule has 1 rings (SSSR count). The molecule has 0 radical (unpaired) electrons. The minimum absolute atomic E-state index is 0.269. The zero-order chi connectivity index (χ0) is 11.1. The van der Waals surface area contributed by atoms with Gasteiger partial charge < -0.3 is 5.11 Å². The first-order chi connectivity index (χ1) is 7.22. The monoisotopic (exact) mass is 224 g/mol. The predicted molar refractivity (Wildman–Crippen MR) is 66.0 cm³/mol. The van der Waals surface area contributed by atoms with Gasteiger partial charge in [0, 0.05) is 11.6 Å². The fraction of sp³-hybridized carbons (Fsp3) is 0.385. The molecule has 2 heteroatoms. The van der Waals surface area contributed by atoms with Crippen molar-refractivity contribution in [2.45, 2.75) is 19.8 Å². The van der Waals surface area contributed by atoms with Gasteiger partial charge in [0.2, 0.25) is 0 Å². The van der Waals surface area contributed by atoms with Crippen molar-refractivity contribution in [3.63, 3.8) is 0 Å². The molecule has 1 aromatic carbocycles. The SMILES string of the molecule is CC(CO)CCC=Cc1cccc(Cl)c1. The lowest BCUT2D eigenvalue weighted by Gasteiger charge is -2.03. The van der Waals surface area contributed by atoms with Gasteiger partial charge in [0.15, 0.2) is 0 Å². The van der Waals surface area contributed by atoms with Crippen molar-refractivity contribution in [3.05, 3.63) is 40.9 Å². The topological polar surface area (TPSA) is 20.2 Å². The van der Waals surface area contributed by atoms with E-state index in [0.29, 0.717) is 5.92 Å². The average Bonchev–Trinajstić information content (AvgIpc) is 2.24. The summed E-state index contributed by atoms with van der Waals surface area (Å²) in [6.45, 7) is 2.32. The Hall–Kier alpha value is -0.790. The molecule has 1 N–H and O–H groups in total. The van der Waals surface area contributed by atoms with Gasteiger partial charge in [-0.2, -0.15) is 0 Å². The van der Waals surface area contributed by atoms with E-state index in [1.165, 1.54) is 0 Å². The number of allylic oxidation sites excluding steroid dienone is 1. The number of hydrogen-bond donors (Lipinski definition) is 1. The third-order valence-corrected chi connectivity index (χ3v) is 2.53. The Balaban J connectivity index is 2.38. The molecular weight excluding hydrogens is 208 g/mol. The number of rotatable bonds is 5. The maximum atomic E-state index is 8.85. The maximum Gasteiger partial charge on any atom is 0.0456 e. The van der Waals surface area contributed by atoms with Crippen LogP contribution in [-0.4, -0.2) is 11.7 Å². The summed E-state index contributed by atoms with van der Waals surface area (Å²) in [5.41, 5.74) is 1.12. The average molecular weight is 225 g/mol. The van der Waals surface area contributed by atoms with Crippen molar-refractivity contribution >= 4 is 17.7 Å². The third-order valence-electron chi connectivity index (χ3n) is 2.30. The fourth-order valence-corrected chi connectivity index (χ4v) is 1.50. The summed E-state index contributed by atoms with van der Waals surface area (Å²) in [5, 5.41) is 9.61. The highest BCUT2D eigenvalue weighted by Gasteiger charge is 1.96. The molecule has 0 fully saturated rings. The van der Waals surface area contributed by atoms with Gasteiger partial charge in [-0.25, -0.2) is 0 Å². The third kappa shape index (κ3) is 5.01. The number of halogens is 1. The van der Waals surface area contributed by atoms with E-state index < -0.39 is 0 Å². The smallest absolute Gasteiger partial charge is 0.0456 e. The van der Waals surface area contributed by atoms with Crippen molar-refractivity contribution in [2.24, 2.45) is 5.92 Å². The van der Waals surface area contributed by atoms with Crippen LogP contribution in [0.3, 0.4) is 0 Å². The molecule has 0 aromatic heterocycles. The second-order valence-corrected chi connectivity index (χ2v) is 4.26. The molecule has 0 aliphatic carbocycles. The van der Waals surface area contributed by atoms with Gasteiger partial charge in [-0.3, -0.25) is 0 Å². The fourth-order valence-electron chi connectivity index (χ4n) is 1.30. The molecule has 1 atom stereocenters. The Kier molecular flexibility index (Phi) is 5.44. The van der Waals surface area contributed by atoms with Gasteiger partial charge in [0.25, 0.3) is 0 Å². The van der Waals surface area contributed by atoms with Crippen LogP contribution in [0, 0.1) is 5.92 Å². The highest BCUT2D eigenvalue weighted by molar-refractivity contribution is 6.30. The normalized spacial score (nSPS) is 13.3. The molecule has 82 valence electrons. The van der Waals surface area contributed by atoms with E-state index in [9.17, 15) is 0 Å². The zero-order valence-electron chi connectivity index (χ0n) is 8.99. The Morgan fingerprint density at radius 3 is 2.93 bits per heavy atom. The van der Waals surface area contributed by atoms with E-state index in [2.05, 4.69) is 12.2 Å². The standard InChI is InChI=1S/C13H17ClO/c1-11(10-15)5-2-3-6-12-7-4-8-13(14)9-12/h3-4,6-9,11,15H,2,5,10H2,1H3. The van der Waals surface area contributed by atoms with Crippen molar-refractivity contribution in [3.8, 4) is 0 Å². The molecular formula is C13H17ClO. The van der Waals surface area contributed by atoms with Gasteiger partial charge in [0.05, 0.1) is 0 Å². The highest BCUT2D eigenvalue weighted by atomic mass is 35.5. The second kappa shape index (κ2) is 6.65. The Morgan fingerprint density at radius 2 is 2.27 bits per heavy atom. The summed E-state index contributed by atoms with van der Waals surface area (Å²) < 4.78 is 0. The number of aliphatic hydroxyl groups excluding tert-OH is 1. The minimum Gasteiger partial charge on any atom is -0.396 e. The van der Waals surface area contributed by atoms with Gasteiger partial charge in [-0.05, 0) is 36.5 Å². The van der Waals surface area contributed by atoms with E-state index in [0.717, 1.165) is 23.4 Å². The Labute approximate surface area is 96.4 Å².